The van der Waals surface area contributed by atoms with Gasteiger partial charge in [-0.1, -0.05) is 0 Å². The number of rotatable bonds is 7. The maximum Gasteiger partial charge on any atom is 0.319 e. The maximum atomic E-state index is 12.9. The van der Waals surface area contributed by atoms with Crippen LogP contribution in [-0.2, 0) is 16.6 Å². The van der Waals surface area contributed by atoms with Crippen LogP contribution in [0.2, 0.25) is 0 Å². The summed E-state index contributed by atoms with van der Waals surface area (Å²) < 4.78 is 52.7. The number of halogens is 2. The second-order valence-electron chi connectivity index (χ2n) is 6.41. The van der Waals surface area contributed by atoms with Crippen LogP contribution in [0, 0.1) is 10.1 Å². The maximum absolute atomic E-state index is 12.9. The molecule has 10 nitrogen and oxygen atoms in total. The Hall–Kier alpha value is -2.64. The minimum absolute atomic E-state index is 0.187. The van der Waals surface area contributed by atoms with Crippen LogP contribution in [-0.4, -0.2) is 61.0 Å². The van der Waals surface area contributed by atoms with Crippen LogP contribution in [0.3, 0.4) is 0 Å². The van der Waals surface area contributed by atoms with Gasteiger partial charge in [0.2, 0.25) is 10.0 Å². The third kappa shape index (κ3) is 4.52. The average molecular weight is 430 g/mol. The van der Waals surface area contributed by atoms with Crippen molar-refractivity contribution in [3.63, 3.8) is 0 Å². The van der Waals surface area contributed by atoms with Crippen LogP contribution in [0.25, 0.3) is 0 Å². The van der Waals surface area contributed by atoms with Gasteiger partial charge in [-0.3, -0.25) is 19.6 Å². The Labute approximate surface area is 165 Å². The Morgan fingerprint density at radius 2 is 1.97 bits per heavy atom. The molecule has 1 aliphatic rings. The Morgan fingerprint density at radius 1 is 1.28 bits per heavy atom. The third-order valence-corrected chi connectivity index (χ3v) is 6.17. The van der Waals surface area contributed by atoms with Crippen LogP contribution >= 0.6 is 0 Å². The number of nitrogens with one attached hydrogen (secondary N) is 1. The molecule has 0 radical (unpaired) electrons. The normalized spacial score (nSPS) is 15.8. The largest absolute Gasteiger partial charge is 0.363 e. The molecule has 158 valence electrons. The molecule has 1 aliphatic heterocycles. The monoisotopic (exact) mass is 430 g/mol. The number of benzene rings is 1. The van der Waals surface area contributed by atoms with Crippen molar-refractivity contribution in [2.24, 2.45) is 0 Å². The summed E-state index contributed by atoms with van der Waals surface area (Å²) in [5.41, 5.74) is 0.0156. The molecular formula is C16H20F2N6O4S. The molecule has 0 amide bonds. The molecule has 1 N–H and O–H groups in total. The molecule has 13 heteroatoms. The van der Waals surface area contributed by atoms with Gasteiger partial charge in [-0.2, -0.15) is 8.78 Å². The van der Waals surface area contributed by atoms with E-state index in [0.29, 0.717) is 31.9 Å². The molecule has 29 heavy (non-hydrogen) atoms. The molecule has 1 aromatic heterocycles. The predicted octanol–water partition coefficient (Wildman–Crippen LogP) is 1.42. The van der Waals surface area contributed by atoms with E-state index in [2.05, 4.69) is 9.71 Å². The molecule has 0 spiro atoms. The van der Waals surface area contributed by atoms with Gasteiger partial charge in [-0.15, -0.1) is 0 Å². The van der Waals surface area contributed by atoms with Crippen molar-refractivity contribution >= 4 is 21.4 Å². The molecule has 0 bridgehead atoms. The second-order valence-corrected chi connectivity index (χ2v) is 8.29. The topological polar surface area (TPSA) is 114 Å². The lowest BCUT2D eigenvalue weighted by Crippen LogP contribution is -2.46. The summed E-state index contributed by atoms with van der Waals surface area (Å²) in [7, 11) is -2.57. The summed E-state index contributed by atoms with van der Waals surface area (Å²) in [4.78, 5) is 18.4. The minimum Gasteiger partial charge on any atom is -0.363 e. The van der Waals surface area contributed by atoms with Crippen LogP contribution < -0.4 is 9.62 Å². The van der Waals surface area contributed by atoms with E-state index in [4.69, 9.17) is 0 Å². The number of piperazine rings is 1. The van der Waals surface area contributed by atoms with E-state index in [0.717, 1.165) is 10.6 Å². The van der Waals surface area contributed by atoms with Crippen molar-refractivity contribution in [2.45, 2.75) is 18.0 Å². The highest BCUT2D eigenvalue weighted by atomic mass is 32.2. The predicted molar refractivity (Wildman–Crippen MR) is 100 cm³/mol. The molecule has 2 aromatic rings. The summed E-state index contributed by atoms with van der Waals surface area (Å²) in [6.07, 6.45) is 2.54. The number of aromatic nitrogens is 2. The summed E-state index contributed by atoms with van der Waals surface area (Å²) in [5.74, 6) is 0.251. The van der Waals surface area contributed by atoms with Crippen molar-refractivity contribution in [3.05, 3.63) is 46.5 Å². The van der Waals surface area contributed by atoms with Gasteiger partial charge < -0.3 is 4.90 Å². The highest BCUT2D eigenvalue weighted by Crippen LogP contribution is 2.31. The summed E-state index contributed by atoms with van der Waals surface area (Å²) in [5, 5.41) is 11.5. The van der Waals surface area contributed by atoms with Crippen molar-refractivity contribution in [1.29, 1.82) is 0 Å². The Morgan fingerprint density at radius 3 is 2.55 bits per heavy atom. The lowest BCUT2D eigenvalue weighted by atomic mass is 10.2. The van der Waals surface area contributed by atoms with E-state index >= 15 is 0 Å². The Bertz CT molecular complexity index is 989. The van der Waals surface area contributed by atoms with E-state index < -0.39 is 21.5 Å². The summed E-state index contributed by atoms with van der Waals surface area (Å²) in [6.45, 7) is -0.591. The van der Waals surface area contributed by atoms with Gasteiger partial charge in [0.15, 0.2) is 0 Å². The van der Waals surface area contributed by atoms with Gasteiger partial charge in [0.05, 0.1) is 16.4 Å². The summed E-state index contributed by atoms with van der Waals surface area (Å²) >= 11 is 0. The molecule has 1 fully saturated rings. The zero-order chi connectivity index (χ0) is 21.2. The first kappa shape index (κ1) is 21.1. The number of hydrogen-bond donors (Lipinski definition) is 1. The first-order valence-corrected chi connectivity index (χ1v) is 10.2. The number of nitrogens with zero attached hydrogens (tertiary/aromatic N) is 5. The van der Waals surface area contributed by atoms with Crippen molar-refractivity contribution in [3.8, 4) is 0 Å². The lowest BCUT2D eigenvalue weighted by Gasteiger charge is -2.35. The zero-order valence-electron chi connectivity index (χ0n) is 15.5. The number of nitro groups is 1. The number of imidazole rings is 1. The molecule has 1 aromatic carbocycles. The van der Waals surface area contributed by atoms with E-state index in [1.54, 1.807) is 4.90 Å². The third-order valence-electron chi connectivity index (χ3n) is 4.76. The minimum atomic E-state index is -3.80. The average Bonchev–Trinajstić information content (AvgIpc) is 3.16. The van der Waals surface area contributed by atoms with Crippen LogP contribution in [0.5, 0.6) is 0 Å². The quantitative estimate of drug-likeness (QED) is 0.522. The molecule has 3 rings (SSSR count). The van der Waals surface area contributed by atoms with E-state index in [9.17, 15) is 27.3 Å². The van der Waals surface area contributed by atoms with Crippen LogP contribution in [0.4, 0.5) is 20.2 Å². The first-order valence-electron chi connectivity index (χ1n) is 8.72. The zero-order valence-corrected chi connectivity index (χ0v) is 16.3. The highest BCUT2D eigenvalue weighted by molar-refractivity contribution is 7.89. The smallest absolute Gasteiger partial charge is 0.319 e. The van der Waals surface area contributed by atoms with Gasteiger partial charge in [0, 0.05) is 44.6 Å². The number of hydrogen-bond acceptors (Lipinski definition) is 7. The SMILES string of the molecule is CNS(=O)(=O)c1ccc(N2CCN(Cc3nccn3C(F)F)CC2)c([N+](=O)[O-])c1. The van der Waals surface area contributed by atoms with Gasteiger partial charge in [-0.05, 0) is 19.2 Å². The fraction of sp³-hybridized carbons (Fsp3) is 0.438. The molecule has 2 heterocycles. The Balaban J connectivity index is 1.73. The molecule has 0 atom stereocenters. The number of alkyl halides is 2. The molecular weight excluding hydrogens is 410 g/mol. The highest BCUT2D eigenvalue weighted by Gasteiger charge is 2.27. The standard InChI is InChI=1S/C16H20F2N6O4S/c1-19-29(27,28)12-2-3-13(14(10-12)24(25)26)22-8-6-21(7-9-22)11-15-20-4-5-23(15)16(17)18/h2-5,10,16,19H,6-9,11H2,1H3. The van der Waals surface area contributed by atoms with Crippen LogP contribution in [0.15, 0.2) is 35.5 Å². The van der Waals surface area contributed by atoms with Crippen molar-refractivity contribution in [1.82, 2.24) is 19.2 Å². The molecule has 0 unspecified atom stereocenters. The summed E-state index contributed by atoms with van der Waals surface area (Å²) in [6, 6.07) is 3.77. The van der Waals surface area contributed by atoms with E-state index in [1.807, 2.05) is 4.90 Å². The first-order chi connectivity index (χ1) is 13.7. The number of sulfonamides is 1. The Kier molecular flexibility index (Phi) is 6.10. The number of anilines is 1. The van der Waals surface area contributed by atoms with Gasteiger partial charge in [-0.25, -0.2) is 18.1 Å². The second kappa shape index (κ2) is 8.39. The van der Waals surface area contributed by atoms with Crippen molar-refractivity contribution in [2.75, 3.05) is 38.1 Å². The molecule has 1 saturated heterocycles. The fourth-order valence-electron chi connectivity index (χ4n) is 3.19. The van der Waals surface area contributed by atoms with Gasteiger partial charge in [0.1, 0.15) is 11.5 Å². The lowest BCUT2D eigenvalue weighted by molar-refractivity contribution is -0.384. The van der Waals surface area contributed by atoms with Crippen molar-refractivity contribution < 1.29 is 22.1 Å². The molecule has 0 saturated carbocycles. The van der Waals surface area contributed by atoms with E-state index in [1.165, 1.54) is 31.6 Å². The van der Waals surface area contributed by atoms with Gasteiger partial charge >= 0.3 is 6.55 Å². The van der Waals surface area contributed by atoms with E-state index in [-0.39, 0.29) is 23.0 Å². The number of nitro benzene ring substituents is 1. The van der Waals surface area contributed by atoms with Crippen LogP contribution in [0.1, 0.15) is 12.4 Å². The van der Waals surface area contributed by atoms with Gasteiger partial charge in [0.25, 0.3) is 5.69 Å². The molecule has 0 aliphatic carbocycles. The fourth-order valence-corrected chi connectivity index (χ4v) is 3.94.